The van der Waals surface area contributed by atoms with Crippen LogP contribution in [0.15, 0.2) is 0 Å². The highest BCUT2D eigenvalue weighted by Gasteiger charge is 2.29. The van der Waals surface area contributed by atoms with E-state index in [1.54, 1.807) is 0 Å². The lowest BCUT2D eigenvalue weighted by Gasteiger charge is -2.16. The van der Waals surface area contributed by atoms with Gasteiger partial charge in [-0.1, -0.05) is 0 Å². The van der Waals surface area contributed by atoms with Gasteiger partial charge in [-0.05, 0) is 12.8 Å². The van der Waals surface area contributed by atoms with E-state index in [1.807, 2.05) is 0 Å². The van der Waals surface area contributed by atoms with Gasteiger partial charge in [0.05, 0.1) is 0 Å². The van der Waals surface area contributed by atoms with Crippen molar-refractivity contribution < 1.29 is 19.2 Å². The Hall–Kier alpha value is -1.72. The fourth-order valence-corrected chi connectivity index (χ4v) is 2.28. The lowest BCUT2D eigenvalue weighted by molar-refractivity contribution is -0.140. The SMILES string of the molecule is O=C1CCC(=O)N1CCCCN1C(=O)CCC1=O. The van der Waals surface area contributed by atoms with Crippen molar-refractivity contribution in [3.63, 3.8) is 0 Å². The first-order valence-corrected chi connectivity index (χ1v) is 6.26. The van der Waals surface area contributed by atoms with E-state index in [0.717, 1.165) is 0 Å². The first-order valence-electron chi connectivity index (χ1n) is 6.26. The van der Waals surface area contributed by atoms with Crippen LogP contribution in [0.5, 0.6) is 0 Å². The van der Waals surface area contributed by atoms with Gasteiger partial charge < -0.3 is 0 Å². The molecule has 98 valence electrons. The molecule has 0 radical (unpaired) electrons. The molecule has 0 aromatic rings. The molecule has 18 heavy (non-hydrogen) atoms. The number of nitrogens with zero attached hydrogens (tertiary/aromatic N) is 2. The summed E-state index contributed by atoms with van der Waals surface area (Å²) in [4.78, 5) is 47.8. The van der Waals surface area contributed by atoms with E-state index in [1.165, 1.54) is 9.80 Å². The molecule has 2 aliphatic rings. The Morgan fingerprint density at radius 1 is 0.611 bits per heavy atom. The minimum absolute atomic E-state index is 0.117. The second-order valence-electron chi connectivity index (χ2n) is 4.59. The molecule has 6 nitrogen and oxygen atoms in total. The number of rotatable bonds is 5. The highest BCUT2D eigenvalue weighted by molar-refractivity contribution is 6.02. The maximum absolute atomic E-state index is 11.3. The molecule has 2 saturated heterocycles. The maximum Gasteiger partial charge on any atom is 0.229 e. The zero-order chi connectivity index (χ0) is 13.1. The molecule has 0 unspecified atom stereocenters. The van der Waals surface area contributed by atoms with Crippen LogP contribution < -0.4 is 0 Å². The molecule has 0 aromatic heterocycles. The standard InChI is InChI=1S/C12H16N2O4/c15-9-3-4-10(16)13(9)7-1-2-8-14-11(17)5-6-12(14)18/h1-8H2. The molecule has 0 N–H and O–H groups in total. The molecular formula is C12H16N2O4. The fraction of sp³-hybridized carbons (Fsp3) is 0.667. The van der Waals surface area contributed by atoms with Crippen molar-refractivity contribution in [2.45, 2.75) is 38.5 Å². The van der Waals surface area contributed by atoms with Crippen molar-refractivity contribution in [3.05, 3.63) is 0 Å². The molecule has 2 rings (SSSR count). The van der Waals surface area contributed by atoms with Gasteiger partial charge in [-0.3, -0.25) is 29.0 Å². The van der Waals surface area contributed by atoms with E-state index < -0.39 is 0 Å². The Kier molecular flexibility index (Phi) is 3.74. The van der Waals surface area contributed by atoms with Gasteiger partial charge in [0.25, 0.3) is 0 Å². The van der Waals surface area contributed by atoms with Gasteiger partial charge in [0, 0.05) is 38.8 Å². The Balaban J connectivity index is 1.70. The number of hydrogen-bond acceptors (Lipinski definition) is 4. The van der Waals surface area contributed by atoms with Gasteiger partial charge in [-0.15, -0.1) is 0 Å². The number of hydrogen-bond donors (Lipinski definition) is 0. The van der Waals surface area contributed by atoms with E-state index in [4.69, 9.17) is 0 Å². The summed E-state index contributed by atoms with van der Waals surface area (Å²) < 4.78 is 0. The van der Waals surface area contributed by atoms with E-state index in [-0.39, 0.29) is 23.6 Å². The van der Waals surface area contributed by atoms with Crippen LogP contribution in [0, 0.1) is 0 Å². The summed E-state index contributed by atoms with van der Waals surface area (Å²) in [5, 5.41) is 0. The van der Waals surface area contributed by atoms with Crippen molar-refractivity contribution in [1.82, 2.24) is 9.80 Å². The van der Waals surface area contributed by atoms with Crippen LogP contribution in [-0.4, -0.2) is 46.5 Å². The minimum atomic E-state index is -0.117. The van der Waals surface area contributed by atoms with Gasteiger partial charge in [-0.2, -0.15) is 0 Å². The third-order valence-electron chi connectivity index (χ3n) is 3.32. The maximum atomic E-state index is 11.3. The summed E-state index contributed by atoms with van der Waals surface area (Å²) in [7, 11) is 0. The van der Waals surface area contributed by atoms with Crippen molar-refractivity contribution >= 4 is 23.6 Å². The largest absolute Gasteiger partial charge is 0.283 e. The molecule has 0 aliphatic carbocycles. The summed E-state index contributed by atoms with van der Waals surface area (Å²) in [6, 6.07) is 0. The van der Waals surface area contributed by atoms with Crippen molar-refractivity contribution in [3.8, 4) is 0 Å². The molecule has 0 aromatic carbocycles. The normalized spacial score (nSPS) is 20.4. The van der Waals surface area contributed by atoms with Crippen LogP contribution in [0.25, 0.3) is 0 Å². The van der Waals surface area contributed by atoms with Gasteiger partial charge in [0.2, 0.25) is 23.6 Å². The quantitative estimate of drug-likeness (QED) is 0.512. The Morgan fingerprint density at radius 2 is 0.889 bits per heavy atom. The van der Waals surface area contributed by atoms with Crippen LogP contribution >= 0.6 is 0 Å². The van der Waals surface area contributed by atoms with Crippen LogP contribution in [-0.2, 0) is 19.2 Å². The number of carbonyl (C=O) groups is 4. The zero-order valence-electron chi connectivity index (χ0n) is 10.2. The Bertz CT molecular complexity index is 335. The first kappa shape index (κ1) is 12.7. The van der Waals surface area contributed by atoms with E-state index in [2.05, 4.69) is 0 Å². The molecule has 4 amide bonds. The minimum Gasteiger partial charge on any atom is -0.283 e. The van der Waals surface area contributed by atoms with E-state index in [9.17, 15) is 19.2 Å². The highest BCUT2D eigenvalue weighted by atomic mass is 16.2. The molecule has 0 saturated carbocycles. The van der Waals surface area contributed by atoms with Gasteiger partial charge in [0.15, 0.2) is 0 Å². The average molecular weight is 252 g/mol. The van der Waals surface area contributed by atoms with Gasteiger partial charge in [0.1, 0.15) is 0 Å². The molecule has 2 fully saturated rings. The number of carbonyl (C=O) groups excluding carboxylic acids is 4. The molecule has 2 aliphatic heterocycles. The van der Waals surface area contributed by atoms with Gasteiger partial charge in [-0.25, -0.2) is 0 Å². The van der Waals surface area contributed by atoms with Crippen molar-refractivity contribution in [1.29, 1.82) is 0 Å². The highest BCUT2D eigenvalue weighted by Crippen LogP contribution is 2.14. The summed E-state index contributed by atoms with van der Waals surface area (Å²) in [6.07, 6.45) is 2.50. The molecule has 0 bridgehead atoms. The zero-order valence-corrected chi connectivity index (χ0v) is 10.2. The fourth-order valence-electron chi connectivity index (χ4n) is 2.28. The first-order chi connectivity index (χ1) is 8.59. The van der Waals surface area contributed by atoms with E-state index in [0.29, 0.717) is 51.6 Å². The van der Waals surface area contributed by atoms with Crippen molar-refractivity contribution in [2.75, 3.05) is 13.1 Å². The molecular weight excluding hydrogens is 236 g/mol. The molecule has 6 heteroatoms. The second-order valence-corrected chi connectivity index (χ2v) is 4.59. The van der Waals surface area contributed by atoms with Crippen LogP contribution in [0.3, 0.4) is 0 Å². The monoisotopic (exact) mass is 252 g/mol. The summed E-state index contributed by atoms with van der Waals surface area (Å²) in [5.74, 6) is -0.469. The van der Waals surface area contributed by atoms with Crippen LogP contribution in [0.4, 0.5) is 0 Å². The lowest BCUT2D eigenvalue weighted by atomic mass is 10.3. The predicted octanol–water partition coefficient (Wildman–Crippen LogP) is 0.0646. The number of unbranched alkanes of at least 4 members (excludes halogenated alkanes) is 1. The topological polar surface area (TPSA) is 74.8 Å². The van der Waals surface area contributed by atoms with Crippen LogP contribution in [0.2, 0.25) is 0 Å². The van der Waals surface area contributed by atoms with Crippen LogP contribution in [0.1, 0.15) is 38.5 Å². The number of amides is 4. The lowest BCUT2D eigenvalue weighted by Crippen LogP contribution is -2.32. The Morgan fingerprint density at radius 3 is 1.17 bits per heavy atom. The number of imide groups is 2. The third-order valence-corrected chi connectivity index (χ3v) is 3.32. The second kappa shape index (κ2) is 5.29. The molecule has 0 atom stereocenters. The molecule has 0 spiro atoms. The number of likely N-dealkylation sites (tertiary alicyclic amines) is 2. The Labute approximate surface area is 105 Å². The average Bonchev–Trinajstić information content (AvgIpc) is 2.82. The summed E-state index contributed by atoms with van der Waals surface area (Å²) in [6.45, 7) is 0.793. The van der Waals surface area contributed by atoms with E-state index >= 15 is 0 Å². The summed E-state index contributed by atoms with van der Waals surface area (Å²) >= 11 is 0. The smallest absolute Gasteiger partial charge is 0.229 e. The van der Waals surface area contributed by atoms with Gasteiger partial charge >= 0.3 is 0 Å². The predicted molar refractivity (Wildman–Crippen MR) is 61.1 cm³/mol. The third kappa shape index (κ3) is 2.57. The summed E-state index contributed by atoms with van der Waals surface area (Å²) in [5.41, 5.74) is 0. The van der Waals surface area contributed by atoms with Crippen molar-refractivity contribution in [2.24, 2.45) is 0 Å². The molecule has 2 heterocycles.